The van der Waals surface area contributed by atoms with Crippen LogP contribution in [0.5, 0.6) is 0 Å². The minimum atomic E-state index is -1.16. The SMILES string of the molecule is OC[C@@H](O)[C@H]1OC[C@H](O)[C]1O. The number of aliphatic hydroxyl groups is 4. The van der Waals surface area contributed by atoms with Gasteiger partial charge in [0.15, 0.2) is 6.10 Å². The second-order valence-corrected chi connectivity index (χ2v) is 2.44. The molecule has 0 saturated carbocycles. The molecule has 0 aromatic carbocycles. The van der Waals surface area contributed by atoms with Gasteiger partial charge in [-0.3, -0.25) is 0 Å². The van der Waals surface area contributed by atoms with E-state index in [0.29, 0.717) is 0 Å². The van der Waals surface area contributed by atoms with Crippen molar-refractivity contribution in [3.63, 3.8) is 0 Å². The molecule has 1 radical (unpaired) electrons. The molecule has 65 valence electrons. The van der Waals surface area contributed by atoms with Crippen LogP contribution in [0.2, 0.25) is 0 Å². The van der Waals surface area contributed by atoms with Crippen LogP contribution in [0, 0.1) is 6.10 Å². The van der Waals surface area contributed by atoms with Crippen molar-refractivity contribution < 1.29 is 25.2 Å². The van der Waals surface area contributed by atoms with Gasteiger partial charge in [-0.2, -0.15) is 0 Å². The van der Waals surface area contributed by atoms with Crippen LogP contribution < -0.4 is 0 Å². The monoisotopic (exact) mass is 163 g/mol. The van der Waals surface area contributed by atoms with Crippen molar-refractivity contribution in [2.75, 3.05) is 13.2 Å². The predicted octanol–water partition coefficient (Wildman–Crippen LogP) is -2.00. The van der Waals surface area contributed by atoms with Crippen LogP contribution in [0.25, 0.3) is 0 Å². The molecule has 1 heterocycles. The zero-order chi connectivity index (χ0) is 8.43. The summed E-state index contributed by atoms with van der Waals surface area (Å²) in [7, 11) is 0. The molecule has 1 fully saturated rings. The maximum absolute atomic E-state index is 9.03. The Bertz CT molecular complexity index is 128. The van der Waals surface area contributed by atoms with Gasteiger partial charge in [-0.15, -0.1) is 0 Å². The summed E-state index contributed by atoms with van der Waals surface area (Å²) < 4.78 is 4.78. The Morgan fingerprint density at radius 3 is 2.64 bits per heavy atom. The predicted molar refractivity (Wildman–Crippen MR) is 34.0 cm³/mol. The van der Waals surface area contributed by atoms with E-state index in [-0.39, 0.29) is 12.7 Å². The molecule has 0 unspecified atom stereocenters. The molecule has 0 aromatic heterocycles. The normalized spacial score (nSPS) is 36.0. The second-order valence-electron chi connectivity index (χ2n) is 2.44. The van der Waals surface area contributed by atoms with E-state index in [0.717, 1.165) is 0 Å². The van der Waals surface area contributed by atoms with E-state index >= 15 is 0 Å². The number of aliphatic hydroxyl groups excluding tert-OH is 4. The third kappa shape index (κ3) is 1.69. The Hall–Kier alpha value is -0.200. The van der Waals surface area contributed by atoms with Gasteiger partial charge >= 0.3 is 0 Å². The Morgan fingerprint density at radius 1 is 1.64 bits per heavy atom. The fourth-order valence-corrected chi connectivity index (χ4v) is 0.959. The van der Waals surface area contributed by atoms with Gasteiger partial charge in [0.25, 0.3) is 0 Å². The zero-order valence-corrected chi connectivity index (χ0v) is 5.84. The van der Waals surface area contributed by atoms with Gasteiger partial charge in [0, 0.05) is 0 Å². The van der Waals surface area contributed by atoms with Crippen LogP contribution in [0.1, 0.15) is 0 Å². The van der Waals surface area contributed by atoms with E-state index < -0.39 is 24.9 Å². The second kappa shape index (κ2) is 3.46. The molecule has 1 aliphatic heterocycles. The lowest BCUT2D eigenvalue weighted by molar-refractivity contribution is -0.0395. The third-order valence-electron chi connectivity index (χ3n) is 1.60. The first-order valence-corrected chi connectivity index (χ1v) is 3.31. The lowest BCUT2D eigenvalue weighted by atomic mass is 10.1. The first kappa shape index (κ1) is 8.89. The van der Waals surface area contributed by atoms with Crippen molar-refractivity contribution in [3.8, 4) is 0 Å². The molecule has 1 rings (SSSR count). The highest BCUT2D eigenvalue weighted by molar-refractivity contribution is 5.01. The summed E-state index contributed by atoms with van der Waals surface area (Å²) in [6.07, 6.45) is -3.46. The van der Waals surface area contributed by atoms with Gasteiger partial charge in [0.2, 0.25) is 0 Å². The van der Waals surface area contributed by atoms with Gasteiger partial charge in [0.05, 0.1) is 13.2 Å². The molecular weight excluding hydrogens is 152 g/mol. The number of hydrogen-bond acceptors (Lipinski definition) is 5. The molecule has 1 saturated heterocycles. The van der Waals surface area contributed by atoms with Crippen LogP contribution in [-0.2, 0) is 4.74 Å². The van der Waals surface area contributed by atoms with Gasteiger partial charge in [-0.25, -0.2) is 0 Å². The molecule has 11 heavy (non-hydrogen) atoms. The molecule has 5 nitrogen and oxygen atoms in total. The maximum atomic E-state index is 9.03. The average molecular weight is 163 g/mol. The molecule has 0 aliphatic carbocycles. The van der Waals surface area contributed by atoms with Crippen molar-refractivity contribution in [1.82, 2.24) is 0 Å². The summed E-state index contributed by atoms with van der Waals surface area (Å²) in [5, 5.41) is 35.4. The zero-order valence-electron chi connectivity index (χ0n) is 5.84. The Kier molecular flexibility index (Phi) is 2.80. The molecule has 0 amide bonds. The van der Waals surface area contributed by atoms with Crippen LogP contribution in [0.15, 0.2) is 0 Å². The fraction of sp³-hybridized carbons (Fsp3) is 0.833. The van der Waals surface area contributed by atoms with Crippen LogP contribution in [0.4, 0.5) is 0 Å². The summed E-state index contributed by atoms with van der Waals surface area (Å²) in [4.78, 5) is 0. The molecule has 1 aliphatic rings. The lowest BCUT2D eigenvalue weighted by Gasteiger charge is -2.17. The molecular formula is C6H11O5. The summed E-state index contributed by atoms with van der Waals surface area (Å²) in [5.74, 6) is 0. The topological polar surface area (TPSA) is 90.2 Å². The minimum absolute atomic E-state index is 0.0342. The standard InChI is InChI=1S/C6H11O5/c7-1-3(8)6-5(10)4(9)2-11-6/h3-4,6-10H,1-2H2/t3-,4+,6-/m1/s1. The summed E-state index contributed by atoms with van der Waals surface area (Å²) in [6, 6.07) is 0. The Morgan fingerprint density at radius 2 is 2.27 bits per heavy atom. The van der Waals surface area contributed by atoms with E-state index in [1.807, 2.05) is 0 Å². The van der Waals surface area contributed by atoms with E-state index in [1.165, 1.54) is 0 Å². The van der Waals surface area contributed by atoms with Crippen molar-refractivity contribution in [2.24, 2.45) is 0 Å². The van der Waals surface area contributed by atoms with Crippen LogP contribution in [0.3, 0.4) is 0 Å². The van der Waals surface area contributed by atoms with Gasteiger partial charge in [-0.05, 0) is 0 Å². The highest BCUT2D eigenvalue weighted by atomic mass is 16.5. The number of hydrogen-bond donors (Lipinski definition) is 4. The first-order chi connectivity index (χ1) is 5.16. The molecule has 0 aromatic rings. The van der Waals surface area contributed by atoms with Crippen molar-refractivity contribution in [3.05, 3.63) is 6.10 Å². The molecule has 4 N–H and O–H groups in total. The Labute approximate surface area is 63.8 Å². The van der Waals surface area contributed by atoms with Gasteiger partial charge < -0.3 is 25.2 Å². The van der Waals surface area contributed by atoms with Crippen molar-refractivity contribution >= 4 is 0 Å². The van der Waals surface area contributed by atoms with Gasteiger partial charge in [-0.1, -0.05) is 0 Å². The number of rotatable bonds is 2. The van der Waals surface area contributed by atoms with E-state index in [2.05, 4.69) is 0 Å². The number of ether oxygens (including phenoxy) is 1. The largest absolute Gasteiger partial charge is 0.394 e. The highest BCUT2D eigenvalue weighted by Gasteiger charge is 2.39. The molecule has 0 bridgehead atoms. The maximum Gasteiger partial charge on any atom is 0.155 e. The summed E-state index contributed by atoms with van der Waals surface area (Å²) in [5.41, 5.74) is 0. The van der Waals surface area contributed by atoms with Crippen molar-refractivity contribution in [1.29, 1.82) is 0 Å². The fourth-order valence-electron chi connectivity index (χ4n) is 0.959. The van der Waals surface area contributed by atoms with Crippen LogP contribution in [-0.4, -0.2) is 52.0 Å². The smallest absolute Gasteiger partial charge is 0.155 e. The quantitative estimate of drug-likeness (QED) is 0.378. The summed E-state index contributed by atoms with van der Waals surface area (Å²) >= 11 is 0. The average Bonchev–Trinajstić information content (AvgIpc) is 2.32. The third-order valence-corrected chi connectivity index (χ3v) is 1.60. The lowest BCUT2D eigenvalue weighted by Crippen LogP contribution is -2.34. The van der Waals surface area contributed by atoms with Crippen molar-refractivity contribution in [2.45, 2.75) is 18.3 Å². The van der Waals surface area contributed by atoms with E-state index in [9.17, 15) is 0 Å². The highest BCUT2D eigenvalue weighted by Crippen LogP contribution is 2.23. The molecule has 5 heteroatoms. The van der Waals surface area contributed by atoms with E-state index in [4.69, 9.17) is 25.2 Å². The summed E-state index contributed by atoms with van der Waals surface area (Å²) in [6.45, 7) is -0.533. The minimum Gasteiger partial charge on any atom is -0.394 e. The molecule has 0 spiro atoms. The first-order valence-electron chi connectivity index (χ1n) is 3.31. The van der Waals surface area contributed by atoms with E-state index in [1.54, 1.807) is 0 Å². The van der Waals surface area contributed by atoms with Gasteiger partial charge in [0.1, 0.15) is 18.3 Å². The van der Waals surface area contributed by atoms with Crippen LogP contribution >= 0.6 is 0 Å². The molecule has 3 atom stereocenters. The Balaban J connectivity index is 2.47.